The van der Waals surface area contributed by atoms with Gasteiger partial charge in [-0.05, 0) is 11.1 Å². The van der Waals surface area contributed by atoms with Gasteiger partial charge >= 0.3 is 0 Å². The van der Waals surface area contributed by atoms with Crippen molar-refractivity contribution in [3.8, 4) is 0 Å². The van der Waals surface area contributed by atoms with Gasteiger partial charge in [-0.15, -0.1) is 0 Å². The lowest BCUT2D eigenvalue weighted by molar-refractivity contribution is 0.00652. The monoisotopic (exact) mass is 283 g/mol. The second-order valence-electron chi connectivity index (χ2n) is 4.74. The van der Waals surface area contributed by atoms with E-state index in [2.05, 4.69) is 4.99 Å². The van der Waals surface area contributed by atoms with E-state index in [1.165, 1.54) is 0 Å². The third kappa shape index (κ3) is 5.90. The molecule has 0 aliphatic rings. The Kier molecular flexibility index (Phi) is 6.65. The van der Waals surface area contributed by atoms with Gasteiger partial charge < -0.3 is 9.47 Å². The van der Waals surface area contributed by atoms with E-state index < -0.39 is 0 Å². The van der Waals surface area contributed by atoms with Gasteiger partial charge in [0.05, 0.1) is 19.8 Å². The molecule has 0 heterocycles. The molecule has 110 valence electrons. The fourth-order valence-electron chi connectivity index (χ4n) is 1.95. The number of nitrogens with zero attached hydrogens (tertiary/aromatic N) is 1. The summed E-state index contributed by atoms with van der Waals surface area (Å²) in [5.41, 5.74) is 2.31. The lowest BCUT2D eigenvalue weighted by Gasteiger charge is -2.14. The van der Waals surface area contributed by atoms with Gasteiger partial charge in [0.1, 0.15) is 6.10 Å². The molecule has 0 saturated heterocycles. The highest BCUT2D eigenvalue weighted by Crippen LogP contribution is 2.05. The van der Waals surface area contributed by atoms with E-state index in [-0.39, 0.29) is 6.10 Å². The normalized spacial score (nSPS) is 12.6. The molecule has 0 aliphatic heterocycles. The van der Waals surface area contributed by atoms with Crippen LogP contribution in [0, 0.1) is 0 Å². The molecule has 0 amide bonds. The van der Waals surface area contributed by atoms with Gasteiger partial charge in [0.2, 0.25) is 0 Å². The van der Waals surface area contributed by atoms with Crippen LogP contribution in [-0.4, -0.2) is 26.0 Å². The molecule has 0 fully saturated rings. The predicted octanol–water partition coefficient (Wildman–Crippen LogP) is 3.49. The van der Waals surface area contributed by atoms with Crippen LogP contribution in [-0.2, 0) is 22.7 Å². The molecule has 2 aromatic carbocycles. The Labute approximate surface area is 126 Å². The maximum Gasteiger partial charge on any atom is 0.116 e. The average Bonchev–Trinajstić information content (AvgIpc) is 2.54. The Morgan fingerprint density at radius 3 is 2.05 bits per heavy atom. The summed E-state index contributed by atoms with van der Waals surface area (Å²) in [6.07, 6.45) is 1.66. The van der Waals surface area contributed by atoms with Crippen LogP contribution in [0.4, 0.5) is 0 Å². The molecule has 2 aromatic rings. The van der Waals surface area contributed by atoms with Crippen molar-refractivity contribution in [2.24, 2.45) is 4.99 Å². The first-order chi connectivity index (χ1) is 10.4. The summed E-state index contributed by atoms with van der Waals surface area (Å²) in [6.45, 7) is 1.65. The first-order valence-corrected chi connectivity index (χ1v) is 7.08. The predicted molar refractivity (Wildman–Crippen MR) is 85.5 cm³/mol. The van der Waals surface area contributed by atoms with Gasteiger partial charge in [0.15, 0.2) is 0 Å². The molecule has 3 nitrogen and oxygen atoms in total. The SMILES string of the molecule is CN=C[C@@H](COCc1ccccc1)OCc1ccccc1. The summed E-state index contributed by atoms with van der Waals surface area (Å²) >= 11 is 0. The van der Waals surface area contributed by atoms with Gasteiger partial charge in [0, 0.05) is 13.3 Å². The van der Waals surface area contributed by atoms with Gasteiger partial charge in [-0.3, -0.25) is 4.99 Å². The van der Waals surface area contributed by atoms with Crippen LogP contribution in [0.2, 0.25) is 0 Å². The third-order valence-electron chi connectivity index (χ3n) is 3.02. The molecule has 0 saturated carbocycles. The Hall–Kier alpha value is -1.97. The Morgan fingerprint density at radius 2 is 1.48 bits per heavy atom. The number of benzene rings is 2. The van der Waals surface area contributed by atoms with Crippen molar-refractivity contribution in [2.75, 3.05) is 13.7 Å². The topological polar surface area (TPSA) is 30.8 Å². The average molecular weight is 283 g/mol. The summed E-state index contributed by atoms with van der Waals surface area (Å²) in [5.74, 6) is 0. The Balaban J connectivity index is 1.76. The summed E-state index contributed by atoms with van der Waals surface area (Å²) in [5, 5.41) is 0. The molecule has 0 aromatic heterocycles. The van der Waals surface area contributed by atoms with Gasteiger partial charge in [-0.2, -0.15) is 0 Å². The standard InChI is InChI=1S/C18H21NO2/c1-19-12-18(21-14-17-10-6-3-7-11-17)15-20-13-16-8-4-2-5-9-16/h2-12,18H,13-15H2,1H3/t18-/m0/s1. The second kappa shape index (κ2) is 9.06. The van der Waals surface area contributed by atoms with Crippen molar-refractivity contribution in [2.45, 2.75) is 19.3 Å². The number of hydrogen-bond donors (Lipinski definition) is 0. The van der Waals surface area contributed by atoms with E-state index in [0.29, 0.717) is 19.8 Å². The Bertz CT molecular complexity index is 525. The Morgan fingerprint density at radius 1 is 0.905 bits per heavy atom. The van der Waals surface area contributed by atoms with E-state index in [1.54, 1.807) is 13.3 Å². The van der Waals surface area contributed by atoms with Crippen molar-refractivity contribution < 1.29 is 9.47 Å². The summed E-state index contributed by atoms with van der Waals surface area (Å²) in [7, 11) is 1.75. The fraction of sp³-hybridized carbons (Fsp3) is 0.278. The number of ether oxygens (including phenoxy) is 2. The molecule has 2 rings (SSSR count). The molecule has 21 heavy (non-hydrogen) atoms. The van der Waals surface area contributed by atoms with Crippen LogP contribution >= 0.6 is 0 Å². The smallest absolute Gasteiger partial charge is 0.116 e. The minimum absolute atomic E-state index is 0.126. The quantitative estimate of drug-likeness (QED) is 0.694. The molecule has 0 bridgehead atoms. The number of rotatable bonds is 8. The number of hydrogen-bond acceptors (Lipinski definition) is 3. The minimum Gasteiger partial charge on any atom is -0.374 e. The van der Waals surface area contributed by atoms with Gasteiger partial charge in [-0.25, -0.2) is 0 Å². The molecule has 0 aliphatic carbocycles. The number of aliphatic imine (C=N–C) groups is 1. The first kappa shape index (κ1) is 15.4. The zero-order chi connectivity index (χ0) is 14.8. The molecule has 3 heteroatoms. The van der Waals surface area contributed by atoms with Crippen molar-refractivity contribution in [1.29, 1.82) is 0 Å². The molecule has 0 unspecified atom stereocenters. The highest BCUT2D eigenvalue weighted by Gasteiger charge is 2.07. The zero-order valence-electron chi connectivity index (χ0n) is 12.3. The van der Waals surface area contributed by atoms with Crippen LogP contribution in [0.5, 0.6) is 0 Å². The van der Waals surface area contributed by atoms with Crippen LogP contribution < -0.4 is 0 Å². The highest BCUT2D eigenvalue weighted by atomic mass is 16.5. The molecule has 1 atom stereocenters. The second-order valence-corrected chi connectivity index (χ2v) is 4.74. The minimum atomic E-state index is -0.126. The largest absolute Gasteiger partial charge is 0.374 e. The molecular formula is C18H21NO2. The van der Waals surface area contributed by atoms with Crippen LogP contribution in [0.1, 0.15) is 11.1 Å². The lowest BCUT2D eigenvalue weighted by Crippen LogP contribution is -2.21. The molecule has 0 radical (unpaired) electrons. The summed E-state index contributed by atoms with van der Waals surface area (Å²) < 4.78 is 11.5. The van der Waals surface area contributed by atoms with E-state index in [0.717, 1.165) is 11.1 Å². The maximum atomic E-state index is 5.83. The third-order valence-corrected chi connectivity index (χ3v) is 3.02. The van der Waals surface area contributed by atoms with Crippen molar-refractivity contribution >= 4 is 6.21 Å². The van der Waals surface area contributed by atoms with Gasteiger partial charge in [-0.1, -0.05) is 60.7 Å². The van der Waals surface area contributed by atoms with E-state index in [9.17, 15) is 0 Å². The van der Waals surface area contributed by atoms with Crippen LogP contribution in [0.15, 0.2) is 65.7 Å². The first-order valence-electron chi connectivity index (χ1n) is 7.08. The summed E-state index contributed by atoms with van der Waals surface area (Å²) in [6, 6.07) is 20.2. The van der Waals surface area contributed by atoms with Gasteiger partial charge in [0.25, 0.3) is 0 Å². The zero-order valence-corrected chi connectivity index (χ0v) is 12.3. The van der Waals surface area contributed by atoms with Crippen molar-refractivity contribution in [3.63, 3.8) is 0 Å². The van der Waals surface area contributed by atoms with Crippen molar-refractivity contribution in [3.05, 3.63) is 71.8 Å². The lowest BCUT2D eigenvalue weighted by atomic mass is 10.2. The van der Waals surface area contributed by atoms with E-state index in [4.69, 9.17) is 9.47 Å². The maximum absolute atomic E-state index is 5.83. The summed E-state index contributed by atoms with van der Waals surface area (Å²) in [4.78, 5) is 4.04. The highest BCUT2D eigenvalue weighted by molar-refractivity contribution is 5.62. The van der Waals surface area contributed by atoms with E-state index in [1.807, 2.05) is 60.7 Å². The fourth-order valence-corrected chi connectivity index (χ4v) is 1.95. The molecule has 0 N–H and O–H groups in total. The van der Waals surface area contributed by atoms with Crippen LogP contribution in [0.25, 0.3) is 0 Å². The molecular weight excluding hydrogens is 262 g/mol. The van der Waals surface area contributed by atoms with Crippen LogP contribution in [0.3, 0.4) is 0 Å². The molecule has 0 spiro atoms. The van der Waals surface area contributed by atoms with Crippen molar-refractivity contribution in [1.82, 2.24) is 0 Å². The van der Waals surface area contributed by atoms with E-state index >= 15 is 0 Å².